The van der Waals surface area contributed by atoms with Gasteiger partial charge in [0.2, 0.25) is 5.91 Å². The highest BCUT2D eigenvalue weighted by Gasteiger charge is 2.20. The fraction of sp³-hybridized carbons (Fsp3) is 0.208. The van der Waals surface area contributed by atoms with Crippen LogP contribution in [0.3, 0.4) is 0 Å². The molecule has 3 aromatic rings. The summed E-state index contributed by atoms with van der Waals surface area (Å²) in [5.74, 6) is 1.32. The Kier molecular flexibility index (Phi) is 6.62. The Bertz CT molecular complexity index is 1060. The van der Waals surface area contributed by atoms with Crippen LogP contribution in [0.25, 0.3) is 0 Å². The van der Waals surface area contributed by atoms with Crippen LogP contribution in [0.4, 0.5) is 17.1 Å². The van der Waals surface area contributed by atoms with Gasteiger partial charge in [0.25, 0.3) is 5.69 Å². The zero-order chi connectivity index (χ0) is 22.3. The van der Waals surface area contributed by atoms with Crippen LogP contribution in [0, 0.1) is 10.1 Å². The van der Waals surface area contributed by atoms with E-state index in [1.54, 1.807) is 18.2 Å². The van der Waals surface area contributed by atoms with Gasteiger partial charge in [-0.2, -0.15) is 0 Å². The monoisotopic (exact) mass is 432 g/mol. The van der Waals surface area contributed by atoms with E-state index in [0.29, 0.717) is 18.0 Å². The van der Waals surface area contributed by atoms with Crippen LogP contribution in [-0.4, -0.2) is 48.5 Å². The minimum absolute atomic E-state index is 0.0781. The van der Waals surface area contributed by atoms with Crippen LogP contribution >= 0.6 is 0 Å². The zero-order valence-corrected chi connectivity index (χ0v) is 17.5. The van der Waals surface area contributed by atoms with Crippen LogP contribution in [-0.2, 0) is 4.79 Å². The number of nitrogens with one attached hydrogen (secondary N) is 1. The quantitative estimate of drug-likeness (QED) is 0.446. The first-order valence-corrected chi connectivity index (χ1v) is 10.4. The lowest BCUT2D eigenvalue weighted by atomic mass is 10.2. The molecule has 0 radical (unpaired) electrons. The second kappa shape index (κ2) is 9.93. The van der Waals surface area contributed by atoms with E-state index in [4.69, 9.17) is 4.74 Å². The van der Waals surface area contributed by atoms with Crippen LogP contribution in [0.15, 0.2) is 78.9 Å². The number of para-hydroxylation sites is 1. The van der Waals surface area contributed by atoms with Gasteiger partial charge in [-0.1, -0.05) is 24.3 Å². The highest BCUT2D eigenvalue weighted by atomic mass is 16.6. The first-order valence-electron chi connectivity index (χ1n) is 10.4. The first kappa shape index (κ1) is 21.3. The molecule has 0 saturated carbocycles. The van der Waals surface area contributed by atoms with Crippen molar-refractivity contribution < 1.29 is 14.5 Å². The molecule has 1 heterocycles. The summed E-state index contributed by atoms with van der Waals surface area (Å²) in [6.45, 7) is 3.29. The Morgan fingerprint density at radius 2 is 1.59 bits per heavy atom. The smallest absolute Gasteiger partial charge is 0.269 e. The molecular formula is C24H24N4O4. The number of piperazine rings is 1. The summed E-state index contributed by atoms with van der Waals surface area (Å²) in [5.41, 5.74) is 1.73. The molecule has 3 aromatic carbocycles. The summed E-state index contributed by atoms with van der Waals surface area (Å²) >= 11 is 0. The number of ether oxygens (including phenoxy) is 1. The average molecular weight is 432 g/mol. The number of nitro benzene ring substituents is 1. The second-order valence-electron chi connectivity index (χ2n) is 7.53. The standard InChI is InChI=1S/C24H24N4O4/c29-24(25-19-5-4-8-23(17-19)32-22-6-2-1-3-7-22)18-26-13-15-27(16-14-26)20-9-11-21(12-10-20)28(30)31/h1-12,17H,13-16,18H2,(H,25,29). The van der Waals surface area contributed by atoms with Gasteiger partial charge >= 0.3 is 0 Å². The Labute approximate surface area is 186 Å². The number of amides is 1. The molecule has 4 rings (SSSR count). The SMILES string of the molecule is O=C(CN1CCN(c2ccc([N+](=O)[O-])cc2)CC1)Nc1cccc(Oc2ccccc2)c1. The third-order valence-electron chi connectivity index (χ3n) is 5.26. The number of non-ortho nitro benzene ring substituents is 1. The minimum atomic E-state index is -0.399. The van der Waals surface area contributed by atoms with Crippen molar-refractivity contribution in [1.29, 1.82) is 0 Å². The number of nitrogens with zero attached hydrogens (tertiary/aromatic N) is 3. The fourth-order valence-corrected chi connectivity index (χ4v) is 3.61. The van der Waals surface area contributed by atoms with Crippen LogP contribution in [0.2, 0.25) is 0 Å². The summed E-state index contributed by atoms with van der Waals surface area (Å²) < 4.78 is 5.82. The van der Waals surface area contributed by atoms with E-state index < -0.39 is 4.92 Å². The number of benzene rings is 3. The maximum Gasteiger partial charge on any atom is 0.269 e. The van der Waals surface area contributed by atoms with E-state index in [2.05, 4.69) is 15.1 Å². The molecule has 0 atom stereocenters. The maximum absolute atomic E-state index is 12.5. The largest absolute Gasteiger partial charge is 0.457 e. The van der Waals surface area contributed by atoms with E-state index in [1.807, 2.05) is 48.5 Å². The van der Waals surface area contributed by atoms with Crippen molar-refractivity contribution in [3.8, 4) is 11.5 Å². The second-order valence-corrected chi connectivity index (χ2v) is 7.53. The lowest BCUT2D eigenvalue weighted by molar-refractivity contribution is -0.384. The predicted molar refractivity (Wildman–Crippen MR) is 123 cm³/mol. The number of nitro groups is 1. The van der Waals surface area contributed by atoms with Crippen molar-refractivity contribution in [2.75, 3.05) is 42.9 Å². The summed E-state index contributed by atoms with van der Waals surface area (Å²) in [6, 6.07) is 23.4. The van der Waals surface area contributed by atoms with E-state index in [1.165, 1.54) is 12.1 Å². The Balaban J connectivity index is 1.26. The highest BCUT2D eigenvalue weighted by Crippen LogP contribution is 2.24. The minimum Gasteiger partial charge on any atom is -0.457 e. The molecule has 0 aromatic heterocycles. The maximum atomic E-state index is 12.5. The van der Waals surface area contributed by atoms with Gasteiger partial charge in [-0.15, -0.1) is 0 Å². The van der Waals surface area contributed by atoms with Crippen molar-refractivity contribution in [3.05, 3.63) is 89.0 Å². The number of carbonyl (C=O) groups is 1. The summed E-state index contributed by atoms with van der Waals surface area (Å²) in [7, 11) is 0. The van der Waals surface area contributed by atoms with E-state index in [9.17, 15) is 14.9 Å². The van der Waals surface area contributed by atoms with Crippen LogP contribution in [0.1, 0.15) is 0 Å². The van der Waals surface area contributed by atoms with Gasteiger partial charge in [-0.25, -0.2) is 0 Å². The third-order valence-corrected chi connectivity index (χ3v) is 5.26. The van der Waals surface area contributed by atoms with Crippen molar-refractivity contribution in [2.45, 2.75) is 0 Å². The molecule has 0 aliphatic carbocycles. The van der Waals surface area contributed by atoms with Gasteiger partial charge in [0.15, 0.2) is 0 Å². The Hall–Kier alpha value is -3.91. The summed E-state index contributed by atoms with van der Waals surface area (Å²) in [6.07, 6.45) is 0. The van der Waals surface area contributed by atoms with Gasteiger partial charge in [-0.3, -0.25) is 19.8 Å². The number of hydrogen-bond donors (Lipinski definition) is 1. The molecule has 0 bridgehead atoms. The molecule has 1 N–H and O–H groups in total. The molecule has 1 saturated heterocycles. The molecule has 8 heteroatoms. The fourth-order valence-electron chi connectivity index (χ4n) is 3.61. The third kappa shape index (κ3) is 5.61. The van der Waals surface area contributed by atoms with Gasteiger partial charge in [-0.05, 0) is 36.4 Å². The van der Waals surface area contributed by atoms with Gasteiger partial charge in [0, 0.05) is 55.8 Å². The average Bonchev–Trinajstić information content (AvgIpc) is 2.80. The molecule has 0 unspecified atom stereocenters. The summed E-state index contributed by atoms with van der Waals surface area (Å²) in [4.78, 5) is 27.2. The van der Waals surface area contributed by atoms with Gasteiger partial charge in [0.1, 0.15) is 11.5 Å². The Morgan fingerprint density at radius 1 is 0.906 bits per heavy atom. The van der Waals surface area contributed by atoms with E-state index in [-0.39, 0.29) is 11.6 Å². The van der Waals surface area contributed by atoms with Crippen molar-refractivity contribution in [2.24, 2.45) is 0 Å². The Morgan fingerprint density at radius 3 is 2.28 bits per heavy atom. The topological polar surface area (TPSA) is 88.0 Å². The normalized spacial score (nSPS) is 14.1. The molecule has 1 aliphatic heterocycles. The number of carbonyl (C=O) groups excluding carboxylic acids is 1. The predicted octanol–water partition coefficient (Wildman–Crippen LogP) is 4.15. The molecule has 32 heavy (non-hydrogen) atoms. The molecule has 1 aliphatic rings. The summed E-state index contributed by atoms with van der Waals surface area (Å²) in [5, 5.41) is 13.7. The molecule has 1 fully saturated rings. The molecule has 0 spiro atoms. The van der Waals surface area contributed by atoms with Crippen LogP contribution < -0.4 is 15.0 Å². The van der Waals surface area contributed by atoms with Crippen molar-refractivity contribution in [1.82, 2.24) is 4.90 Å². The molecular weight excluding hydrogens is 408 g/mol. The molecule has 8 nitrogen and oxygen atoms in total. The van der Waals surface area contributed by atoms with Crippen molar-refractivity contribution >= 4 is 23.0 Å². The molecule has 1 amide bonds. The highest BCUT2D eigenvalue weighted by molar-refractivity contribution is 5.92. The van der Waals surface area contributed by atoms with Gasteiger partial charge < -0.3 is 15.0 Å². The lowest BCUT2D eigenvalue weighted by Gasteiger charge is -2.35. The lowest BCUT2D eigenvalue weighted by Crippen LogP contribution is -2.48. The zero-order valence-electron chi connectivity index (χ0n) is 17.5. The number of rotatable bonds is 7. The van der Waals surface area contributed by atoms with Crippen LogP contribution in [0.5, 0.6) is 11.5 Å². The number of hydrogen-bond acceptors (Lipinski definition) is 6. The van der Waals surface area contributed by atoms with E-state index in [0.717, 1.165) is 37.6 Å². The molecule has 164 valence electrons. The first-order chi connectivity index (χ1) is 15.6. The number of anilines is 2. The van der Waals surface area contributed by atoms with E-state index >= 15 is 0 Å². The van der Waals surface area contributed by atoms with Crippen molar-refractivity contribution in [3.63, 3.8) is 0 Å². The van der Waals surface area contributed by atoms with Gasteiger partial charge in [0.05, 0.1) is 11.5 Å².